The maximum absolute atomic E-state index is 13.2. The van der Waals surface area contributed by atoms with Crippen molar-refractivity contribution in [2.75, 3.05) is 25.5 Å². The molecule has 0 saturated heterocycles. The zero-order valence-electron chi connectivity index (χ0n) is 10.1. The number of carbonyl (C=O) groups is 2. The molecule has 104 valence electrons. The quantitative estimate of drug-likeness (QED) is 0.554. The van der Waals surface area contributed by atoms with Gasteiger partial charge in [0.15, 0.2) is 0 Å². The van der Waals surface area contributed by atoms with Gasteiger partial charge in [0, 0.05) is 11.4 Å². The molecule has 0 spiro atoms. The second-order valence-corrected chi connectivity index (χ2v) is 4.53. The Morgan fingerprint density at radius 1 is 1.37 bits per heavy atom. The van der Waals surface area contributed by atoms with Crippen LogP contribution >= 0.6 is 11.8 Å². The first-order chi connectivity index (χ1) is 9.09. The van der Waals surface area contributed by atoms with Gasteiger partial charge in [-0.1, -0.05) is 12.1 Å². The van der Waals surface area contributed by atoms with Gasteiger partial charge in [0.05, 0.1) is 12.4 Å². The molecule has 1 aromatic carbocycles. The fourth-order valence-electron chi connectivity index (χ4n) is 1.18. The van der Waals surface area contributed by atoms with Crippen LogP contribution in [0.15, 0.2) is 29.2 Å². The highest BCUT2D eigenvalue weighted by molar-refractivity contribution is 8.00. The van der Waals surface area contributed by atoms with Gasteiger partial charge in [0.1, 0.15) is 12.4 Å². The van der Waals surface area contributed by atoms with Crippen molar-refractivity contribution in [3.8, 4) is 0 Å². The molecular weight excluding hydrogens is 273 g/mol. The van der Waals surface area contributed by atoms with E-state index in [0.29, 0.717) is 4.90 Å². The van der Waals surface area contributed by atoms with Crippen LogP contribution in [0.2, 0.25) is 0 Å². The van der Waals surface area contributed by atoms with Gasteiger partial charge >= 0.3 is 5.97 Å². The highest BCUT2D eigenvalue weighted by Gasteiger charge is 2.05. The summed E-state index contributed by atoms with van der Waals surface area (Å²) in [6, 6.07) is 6.21. The fourth-order valence-corrected chi connectivity index (χ4v) is 1.95. The summed E-state index contributed by atoms with van der Waals surface area (Å²) >= 11 is 1.10. The van der Waals surface area contributed by atoms with Gasteiger partial charge in [-0.3, -0.25) is 4.79 Å². The Kier molecular flexibility index (Phi) is 6.91. The minimum atomic E-state index is -1.05. The highest BCUT2D eigenvalue weighted by atomic mass is 32.2. The van der Waals surface area contributed by atoms with E-state index in [4.69, 9.17) is 9.84 Å². The molecule has 0 saturated carbocycles. The first-order valence-electron chi connectivity index (χ1n) is 5.53. The second kappa shape index (κ2) is 8.49. The normalized spacial score (nSPS) is 10.2. The summed E-state index contributed by atoms with van der Waals surface area (Å²) in [5, 5.41) is 10.9. The van der Waals surface area contributed by atoms with Crippen molar-refractivity contribution >= 4 is 23.6 Å². The Labute approximate surface area is 114 Å². The number of benzene rings is 1. The summed E-state index contributed by atoms with van der Waals surface area (Å²) in [6.45, 7) is -0.0355. The summed E-state index contributed by atoms with van der Waals surface area (Å²) in [7, 11) is 0. The molecule has 7 heteroatoms. The summed E-state index contributed by atoms with van der Waals surface area (Å²) < 4.78 is 18.0. The second-order valence-electron chi connectivity index (χ2n) is 3.52. The van der Waals surface area contributed by atoms with Crippen molar-refractivity contribution in [1.82, 2.24) is 5.32 Å². The molecule has 19 heavy (non-hydrogen) atoms. The maximum atomic E-state index is 13.2. The van der Waals surface area contributed by atoms with Crippen LogP contribution < -0.4 is 5.32 Å². The van der Waals surface area contributed by atoms with Crippen molar-refractivity contribution in [1.29, 1.82) is 0 Å². The molecule has 1 amide bonds. The SMILES string of the molecule is O=C(O)COCCNC(=O)CSc1ccccc1F. The summed E-state index contributed by atoms with van der Waals surface area (Å²) in [6.07, 6.45) is 0. The van der Waals surface area contributed by atoms with Gasteiger partial charge in [0.2, 0.25) is 5.91 Å². The van der Waals surface area contributed by atoms with E-state index in [0.717, 1.165) is 11.8 Å². The lowest BCUT2D eigenvalue weighted by molar-refractivity contribution is -0.142. The van der Waals surface area contributed by atoms with E-state index in [1.807, 2.05) is 0 Å². The van der Waals surface area contributed by atoms with Gasteiger partial charge in [0.25, 0.3) is 0 Å². The number of nitrogens with one attached hydrogen (secondary N) is 1. The molecule has 1 rings (SSSR count). The smallest absolute Gasteiger partial charge is 0.329 e. The monoisotopic (exact) mass is 287 g/mol. The van der Waals surface area contributed by atoms with Crippen molar-refractivity contribution in [3.05, 3.63) is 30.1 Å². The third-order valence-electron chi connectivity index (χ3n) is 1.99. The molecule has 0 aliphatic rings. The minimum absolute atomic E-state index is 0.0971. The van der Waals surface area contributed by atoms with Gasteiger partial charge in [-0.2, -0.15) is 0 Å². The zero-order valence-corrected chi connectivity index (χ0v) is 10.9. The molecule has 0 aliphatic carbocycles. The average Bonchev–Trinajstić information content (AvgIpc) is 2.37. The third-order valence-corrected chi connectivity index (χ3v) is 3.04. The Bertz CT molecular complexity index is 441. The number of aliphatic carboxylic acids is 1. The minimum Gasteiger partial charge on any atom is -0.480 e. The number of carboxylic acids is 1. The largest absolute Gasteiger partial charge is 0.480 e. The van der Waals surface area contributed by atoms with E-state index in [1.165, 1.54) is 6.07 Å². The molecule has 0 aliphatic heterocycles. The standard InChI is InChI=1S/C12H14FNO4S/c13-9-3-1-2-4-10(9)19-8-11(15)14-5-6-18-7-12(16)17/h1-4H,5-8H2,(H,14,15)(H,16,17). The maximum Gasteiger partial charge on any atom is 0.329 e. The molecule has 0 fully saturated rings. The molecule has 2 N–H and O–H groups in total. The van der Waals surface area contributed by atoms with Crippen LogP contribution in [0.1, 0.15) is 0 Å². The average molecular weight is 287 g/mol. The number of thioether (sulfide) groups is 1. The molecule has 0 aromatic heterocycles. The molecule has 0 bridgehead atoms. The van der Waals surface area contributed by atoms with Crippen molar-refractivity contribution in [3.63, 3.8) is 0 Å². The number of carbonyl (C=O) groups excluding carboxylic acids is 1. The van der Waals surface area contributed by atoms with E-state index in [1.54, 1.807) is 18.2 Å². The number of carboxylic acid groups (broad SMARTS) is 1. The summed E-state index contributed by atoms with van der Waals surface area (Å²) in [5.74, 6) is -1.57. The predicted molar refractivity (Wildman–Crippen MR) is 68.6 cm³/mol. The Hall–Kier alpha value is -1.60. The third kappa shape index (κ3) is 6.78. The molecule has 0 radical (unpaired) electrons. The van der Waals surface area contributed by atoms with Crippen molar-refractivity contribution in [2.45, 2.75) is 4.90 Å². The number of amides is 1. The highest BCUT2D eigenvalue weighted by Crippen LogP contribution is 2.20. The van der Waals surface area contributed by atoms with Gasteiger partial charge in [-0.15, -0.1) is 11.8 Å². The molecule has 0 atom stereocenters. The first kappa shape index (κ1) is 15.5. The van der Waals surface area contributed by atoms with E-state index in [-0.39, 0.29) is 37.2 Å². The molecule has 1 aromatic rings. The Balaban J connectivity index is 2.15. The first-order valence-corrected chi connectivity index (χ1v) is 6.51. The van der Waals surface area contributed by atoms with Gasteiger partial charge in [-0.25, -0.2) is 9.18 Å². The number of halogens is 1. The van der Waals surface area contributed by atoms with Crippen LogP contribution in [-0.4, -0.2) is 42.5 Å². The Morgan fingerprint density at radius 3 is 2.79 bits per heavy atom. The lowest BCUT2D eigenvalue weighted by atomic mass is 10.3. The molecule has 5 nitrogen and oxygen atoms in total. The number of hydrogen-bond donors (Lipinski definition) is 2. The number of rotatable bonds is 8. The number of hydrogen-bond acceptors (Lipinski definition) is 4. The van der Waals surface area contributed by atoms with Crippen LogP contribution in [0.3, 0.4) is 0 Å². The van der Waals surface area contributed by atoms with Crippen LogP contribution in [0.5, 0.6) is 0 Å². The zero-order chi connectivity index (χ0) is 14.1. The molecule has 0 unspecified atom stereocenters. The molecule has 0 heterocycles. The molecular formula is C12H14FNO4S. The lowest BCUT2D eigenvalue weighted by Gasteiger charge is -2.05. The van der Waals surface area contributed by atoms with E-state index < -0.39 is 5.97 Å². The van der Waals surface area contributed by atoms with Crippen LogP contribution in [-0.2, 0) is 14.3 Å². The van der Waals surface area contributed by atoms with Crippen LogP contribution in [0.25, 0.3) is 0 Å². The van der Waals surface area contributed by atoms with Crippen molar-refractivity contribution in [2.24, 2.45) is 0 Å². The van der Waals surface area contributed by atoms with Crippen LogP contribution in [0, 0.1) is 5.82 Å². The lowest BCUT2D eigenvalue weighted by Crippen LogP contribution is -2.29. The van der Waals surface area contributed by atoms with Gasteiger partial charge < -0.3 is 15.2 Å². The van der Waals surface area contributed by atoms with E-state index >= 15 is 0 Å². The topological polar surface area (TPSA) is 75.6 Å². The van der Waals surface area contributed by atoms with Crippen molar-refractivity contribution < 1.29 is 23.8 Å². The Morgan fingerprint density at radius 2 is 2.11 bits per heavy atom. The van der Waals surface area contributed by atoms with Crippen LogP contribution in [0.4, 0.5) is 4.39 Å². The number of ether oxygens (including phenoxy) is 1. The van der Waals surface area contributed by atoms with E-state index in [9.17, 15) is 14.0 Å². The predicted octanol–water partition coefficient (Wildman–Crippen LogP) is 1.14. The van der Waals surface area contributed by atoms with E-state index in [2.05, 4.69) is 5.32 Å². The fraction of sp³-hybridized carbons (Fsp3) is 0.333. The summed E-state index contributed by atoms with van der Waals surface area (Å²) in [5.41, 5.74) is 0. The summed E-state index contributed by atoms with van der Waals surface area (Å²) in [4.78, 5) is 22.0. The van der Waals surface area contributed by atoms with Gasteiger partial charge in [-0.05, 0) is 12.1 Å².